The average molecular weight is 515 g/mol. The molecule has 198 valence electrons. The van der Waals surface area contributed by atoms with Crippen molar-refractivity contribution in [1.82, 2.24) is 19.7 Å². The molecule has 0 unspecified atom stereocenters. The third-order valence-electron chi connectivity index (χ3n) is 6.98. The summed E-state index contributed by atoms with van der Waals surface area (Å²) in [5.41, 5.74) is 3.77. The number of aromatic carboxylic acids is 1. The molecule has 1 saturated carbocycles. The molecule has 2 heterocycles. The largest absolute Gasteiger partial charge is 0.491 e. The first-order valence-electron chi connectivity index (χ1n) is 13.2. The Hall–Kier alpha value is -3.94. The summed E-state index contributed by atoms with van der Waals surface area (Å²) in [6.45, 7) is 6.93. The van der Waals surface area contributed by atoms with Crippen molar-refractivity contribution in [2.75, 3.05) is 0 Å². The van der Waals surface area contributed by atoms with Crippen molar-refractivity contribution in [1.29, 1.82) is 0 Å². The highest BCUT2D eigenvalue weighted by atomic mass is 16.5. The predicted octanol–water partition coefficient (Wildman–Crippen LogP) is 6.25. The molecule has 38 heavy (non-hydrogen) atoms. The minimum Gasteiger partial charge on any atom is -0.491 e. The van der Waals surface area contributed by atoms with E-state index in [1.165, 1.54) is 6.42 Å². The van der Waals surface area contributed by atoms with Crippen LogP contribution in [0.5, 0.6) is 11.8 Å². The van der Waals surface area contributed by atoms with E-state index in [-0.39, 0.29) is 23.0 Å². The van der Waals surface area contributed by atoms with Crippen LogP contribution in [0.4, 0.5) is 0 Å². The molecule has 1 aliphatic rings. The van der Waals surface area contributed by atoms with Gasteiger partial charge >= 0.3 is 5.97 Å². The number of hydrogen-bond donors (Lipinski definition) is 2. The molecule has 1 aliphatic carbocycles. The fraction of sp³-hybridized carbons (Fsp3) is 0.400. The maximum Gasteiger partial charge on any atom is 0.336 e. The molecule has 0 atom stereocenters. The second-order valence-electron chi connectivity index (χ2n) is 11.3. The van der Waals surface area contributed by atoms with Gasteiger partial charge in [-0.3, -0.25) is 0 Å². The lowest BCUT2D eigenvalue weighted by molar-refractivity contribution is 0.0697. The van der Waals surface area contributed by atoms with Crippen molar-refractivity contribution in [3.8, 4) is 22.9 Å². The molecule has 2 N–H and O–H groups in total. The number of aromatic hydroxyl groups is 1. The van der Waals surface area contributed by atoms with Gasteiger partial charge in [0.2, 0.25) is 0 Å². The standard InChI is InChI=1S/C30H34N4O4/c1-30(2,3)17-24-31-25-26(27(35)32-33-28(25)38-21-9-5-4-6-10-21)34(24)18-19-13-15-20(16-14-19)22-11-7-8-12-23(22)29(36)37/h7-8,11-16,21H,4-6,9-10,17-18H2,1-3H3,(H,32,35)(H,36,37). The third kappa shape index (κ3) is 5.49. The lowest BCUT2D eigenvalue weighted by atomic mass is 9.92. The lowest BCUT2D eigenvalue weighted by Crippen LogP contribution is -2.20. The first-order chi connectivity index (χ1) is 18.2. The summed E-state index contributed by atoms with van der Waals surface area (Å²) in [6.07, 6.45) is 6.23. The predicted molar refractivity (Wildman–Crippen MR) is 146 cm³/mol. The molecule has 4 aromatic rings. The summed E-state index contributed by atoms with van der Waals surface area (Å²) in [6, 6.07) is 14.8. The van der Waals surface area contributed by atoms with Crippen molar-refractivity contribution in [2.24, 2.45) is 5.41 Å². The highest BCUT2D eigenvalue weighted by Crippen LogP contribution is 2.34. The summed E-state index contributed by atoms with van der Waals surface area (Å²) < 4.78 is 8.26. The van der Waals surface area contributed by atoms with Gasteiger partial charge in [0, 0.05) is 13.0 Å². The first-order valence-corrected chi connectivity index (χ1v) is 13.2. The SMILES string of the molecule is CC(C)(C)Cc1nc2c(OC3CCCCC3)nnc(O)c2n1Cc1ccc(-c2ccccc2C(=O)O)cc1. The molecule has 5 rings (SSSR count). The van der Waals surface area contributed by atoms with E-state index in [1.807, 2.05) is 41.0 Å². The van der Waals surface area contributed by atoms with E-state index in [4.69, 9.17) is 9.72 Å². The zero-order valence-corrected chi connectivity index (χ0v) is 22.1. The van der Waals surface area contributed by atoms with Crippen molar-refractivity contribution < 1.29 is 19.7 Å². The summed E-state index contributed by atoms with van der Waals surface area (Å²) in [5.74, 6) is 0.0745. The van der Waals surface area contributed by atoms with Crippen molar-refractivity contribution >= 4 is 17.0 Å². The van der Waals surface area contributed by atoms with Gasteiger partial charge in [-0.2, -0.15) is 0 Å². The van der Waals surface area contributed by atoms with Crippen molar-refractivity contribution in [3.05, 3.63) is 65.5 Å². The monoisotopic (exact) mass is 514 g/mol. The van der Waals surface area contributed by atoms with Crippen LogP contribution in [0.25, 0.3) is 22.2 Å². The highest BCUT2D eigenvalue weighted by Gasteiger charge is 2.26. The second kappa shape index (κ2) is 10.4. The van der Waals surface area contributed by atoms with E-state index >= 15 is 0 Å². The van der Waals surface area contributed by atoms with Crippen LogP contribution in [-0.4, -0.2) is 42.0 Å². The van der Waals surface area contributed by atoms with Gasteiger partial charge in [-0.1, -0.05) is 69.7 Å². The number of carbonyl (C=O) groups is 1. The number of fused-ring (bicyclic) bond motifs is 1. The minimum absolute atomic E-state index is 0.0373. The molecule has 0 amide bonds. The van der Waals surface area contributed by atoms with Crippen LogP contribution in [-0.2, 0) is 13.0 Å². The Balaban J connectivity index is 1.52. The molecule has 0 saturated heterocycles. The van der Waals surface area contributed by atoms with Crippen LogP contribution in [0.15, 0.2) is 48.5 Å². The van der Waals surface area contributed by atoms with Crippen LogP contribution >= 0.6 is 0 Å². The maximum absolute atomic E-state index is 11.7. The van der Waals surface area contributed by atoms with Gasteiger partial charge < -0.3 is 19.5 Å². The maximum atomic E-state index is 11.7. The Labute approximate surface area is 222 Å². The number of rotatable bonds is 7. The van der Waals surface area contributed by atoms with Crippen molar-refractivity contribution in [2.45, 2.75) is 71.9 Å². The Bertz CT molecular complexity index is 1450. The summed E-state index contributed by atoms with van der Waals surface area (Å²) >= 11 is 0. The second-order valence-corrected chi connectivity index (χ2v) is 11.3. The van der Waals surface area contributed by atoms with Crippen LogP contribution in [0.3, 0.4) is 0 Å². The zero-order chi connectivity index (χ0) is 26.9. The van der Waals surface area contributed by atoms with Gasteiger partial charge in [-0.05, 0) is 53.9 Å². The number of aromatic nitrogens is 4. The molecular weight excluding hydrogens is 480 g/mol. The fourth-order valence-electron chi connectivity index (χ4n) is 5.16. The molecule has 0 aliphatic heterocycles. The zero-order valence-electron chi connectivity index (χ0n) is 22.1. The van der Waals surface area contributed by atoms with E-state index in [9.17, 15) is 15.0 Å². The molecule has 8 heteroatoms. The van der Waals surface area contributed by atoms with Gasteiger partial charge in [-0.15, -0.1) is 10.2 Å². The van der Waals surface area contributed by atoms with Gasteiger partial charge in [0.1, 0.15) is 17.4 Å². The van der Waals surface area contributed by atoms with Gasteiger partial charge in [0.25, 0.3) is 11.8 Å². The van der Waals surface area contributed by atoms with E-state index in [0.29, 0.717) is 35.4 Å². The smallest absolute Gasteiger partial charge is 0.336 e. The Morgan fingerprint density at radius 3 is 2.42 bits per heavy atom. The van der Waals surface area contributed by atoms with Crippen molar-refractivity contribution in [3.63, 3.8) is 0 Å². The summed E-state index contributed by atoms with van der Waals surface area (Å²) in [7, 11) is 0. The van der Waals surface area contributed by atoms with Crippen LogP contribution in [0.2, 0.25) is 0 Å². The third-order valence-corrected chi connectivity index (χ3v) is 6.98. The van der Waals surface area contributed by atoms with E-state index < -0.39 is 5.97 Å². The number of carboxylic acid groups (broad SMARTS) is 1. The minimum atomic E-state index is -0.954. The van der Waals surface area contributed by atoms with Crippen LogP contribution < -0.4 is 4.74 Å². The van der Waals surface area contributed by atoms with Gasteiger partial charge in [0.15, 0.2) is 5.52 Å². The number of carboxylic acids is 1. The Kier molecular flexibility index (Phi) is 7.06. The normalized spacial score (nSPS) is 14.6. The Morgan fingerprint density at radius 2 is 1.74 bits per heavy atom. The number of benzene rings is 2. The Morgan fingerprint density at radius 1 is 1.03 bits per heavy atom. The van der Waals surface area contributed by atoms with E-state index in [1.54, 1.807) is 12.1 Å². The molecule has 8 nitrogen and oxygen atoms in total. The first kappa shape index (κ1) is 25.7. The fourth-order valence-corrected chi connectivity index (χ4v) is 5.16. The van der Waals surface area contributed by atoms with E-state index in [0.717, 1.165) is 42.6 Å². The van der Waals surface area contributed by atoms with Crippen LogP contribution in [0.1, 0.15) is 74.6 Å². The number of ether oxygens (including phenoxy) is 1. The number of nitrogens with zero attached hydrogens (tertiary/aromatic N) is 4. The van der Waals surface area contributed by atoms with Crippen LogP contribution in [0, 0.1) is 5.41 Å². The van der Waals surface area contributed by atoms with Gasteiger partial charge in [0.05, 0.1) is 5.56 Å². The molecule has 0 spiro atoms. The molecule has 0 radical (unpaired) electrons. The quantitative estimate of drug-likeness (QED) is 0.300. The molecule has 2 aromatic heterocycles. The van der Waals surface area contributed by atoms with E-state index in [2.05, 4.69) is 31.0 Å². The topological polar surface area (TPSA) is 110 Å². The molecule has 2 aromatic carbocycles. The number of imidazole rings is 1. The summed E-state index contributed by atoms with van der Waals surface area (Å²) in [4.78, 5) is 16.6. The molecule has 1 fully saturated rings. The number of hydrogen-bond acceptors (Lipinski definition) is 6. The lowest BCUT2D eigenvalue weighted by Gasteiger charge is -2.22. The molecular formula is C30H34N4O4. The molecule has 0 bridgehead atoms. The van der Waals surface area contributed by atoms with Gasteiger partial charge in [-0.25, -0.2) is 9.78 Å². The average Bonchev–Trinajstić information content (AvgIpc) is 3.24. The highest BCUT2D eigenvalue weighted by molar-refractivity contribution is 5.96. The summed E-state index contributed by atoms with van der Waals surface area (Å²) in [5, 5.41) is 28.6.